The molecule has 1 nitrogen and oxygen atoms in total. The Morgan fingerprint density at radius 2 is 2.00 bits per heavy atom. The van der Waals surface area contributed by atoms with Gasteiger partial charge in [-0.1, -0.05) is 25.4 Å². The Hall–Kier alpha value is -0.600. The Balaban J connectivity index is 0.000000561. The summed E-state index contributed by atoms with van der Waals surface area (Å²) in [7, 11) is 0. The van der Waals surface area contributed by atoms with Crippen LogP contribution >= 0.6 is 11.6 Å². The van der Waals surface area contributed by atoms with Gasteiger partial charge in [0.15, 0.2) is 0 Å². The molecule has 0 unspecified atom stereocenters. The Morgan fingerprint density at radius 3 is 2.42 bits per heavy atom. The minimum absolute atomic E-state index is 0.226. The standard InChI is InChI=1S/C7H6ClFO.C2H6/c8-7-2-1-6(9)3-5(7)4-10;1-2/h1-3,10H,4H2;1-2H3. The number of rotatable bonds is 1. The minimum atomic E-state index is -0.381. The monoisotopic (exact) mass is 190 g/mol. The molecule has 68 valence electrons. The molecule has 3 heteroatoms. The van der Waals surface area contributed by atoms with E-state index in [4.69, 9.17) is 16.7 Å². The molecule has 0 amide bonds. The summed E-state index contributed by atoms with van der Waals surface area (Å²) < 4.78 is 12.4. The van der Waals surface area contributed by atoms with Gasteiger partial charge in [0, 0.05) is 5.02 Å². The van der Waals surface area contributed by atoms with Crippen LogP contribution in [-0.2, 0) is 6.61 Å². The maximum absolute atomic E-state index is 12.4. The molecule has 0 aliphatic rings. The first kappa shape index (κ1) is 11.4. The predicted molar refractivity (Wildman–Crippen MR) is 48.7 cm³/mol. The van der Waals surface area contributed by atoms with Gasteiger partial charge in [-0.2, -0.15) is 0 Å². The summed E-state index contributed by atoms with van der Waals surface area (Å²) in [6.45, 7) is 3.77. The van der Waals surface area contributed by atoms with Crippen LogP contribution in [0.5, 0.6) is 0 Å². The van der Waals surface area contributed by atoms with Crippen LogP contribution in [0.4, 0.5) is 4.39 Å². The van der Waals surface area contributed by atoms with E-state index < -0.39 is 0 Å². The Kier molecular flexibility index (Phi) is 5.68. The van der Waals surface area contributed by atoms with Crippen LogP contribution in [0.3, 0.4) is 0 Å². The summed E-state index contributed by atoms with van der Waals surface area (Å²) in [5.74, 6) is -0.381. The van der Waals surface area contributed by atoms with Gasteiger partial charge >= 0.3 is 0 Å². The van der Waals surface area contributed by atoms with Crippen LogP contribution in [0.2, 0.25) is 5.02 Å². The van der Waals surface area contributed by atoms with E-state index in [2.05, 4.69) is 0 Å². The fourth-order valence-corrected chi connectivity index (χ4v) is 0.842. The van der Waals surface area contributed by atoms with Crippen molar-refractivity contribution in [2.45, 2.75) is 20.5 Å². The molecule has 0 bridgehead atoms. The van der Waals surface area contributed by atoms with Crippen LogP contribution in [0, 0.1) is 5.82 Å². The fourth-order valence-electron chi connectivity index (χ4n) is 0.664. The second-order valence-corrected chi connectivity index (χ2v) is 2.30. The lowest BCUT2D eigenvalue weighted by Crippen LogP contribution is -1.85. The van der Waals surface area contributed by atoms with Gasteiger partial charge in [0.1, 0.15) is 5.82 Å². The first-order valence-electron chi connectivity index (χ1n) is 3.79. The highest BCUT2D eigenvalue weighted by Gasteiger charge is 1.98. The van der Waals surface area contributed by atoms with Crippen LogP contribution in [0.25, 0.3) is 0 Å². The van der Waals surface area contributed by atoms with Gasteiger partial charge in [0.2, 0.25) is 0 Å². The molecule has 0 aliphatic carbocycles. The predicted octanol–water partition coefficient (Wildman–Crippen LogP) is 3.00. The van der Waals surface area contributed by atoms with Gasteiger partial charge in [-0.05, 0) is 23.8 Å². The number of halogens is 2. The molecule has 1 aromatic rings. The summed E-state index contributed by atoms with van der Waals surface area (Å²) >= 11 is 5.57. The fraction of sp³-hybridized carbons (Fsp3) is 0.333. The Labute approximate surface area is 76.8 Å². The van der Waals surface area contributed by atoms with Crippen molar-refractivity contribution in [2.75, 3.05) is 0 Å². The molecule has 1 rings (SSSR count). The minimum Gasteiger partial charge on any atom is -0.392 e. The lowest BCUT2D eigenvalue weighted by molar-refractivity contribution is 0.281. The summed E-state index contributed by atoms with van der Waals surface area (Å²) in [6.07, 6.45) is 0. The van der Waals surface area contributed by atoms with E-state index in [0.29, 0.717) is 10.6 Å². The van der Waals surface area contributed by atoms with E-state index in [9.17, 15) is 4.39 Å². The van der Waals surface area contributed by atoms with E-state index in [-0.39, 0.29) is 12.4 Å². The highest BCUT2D eigenvalue weighted by atomic mass is 35.5. The highest BCUT2D eigenvalue weighted by molar-refractivity contribution is 6.31. The number of hydrogen-bond donors (Lipinski definition) is 1. The number of benzene rings is 1. The number of aliphatic hydroxyl groups excluding tert-OH is 1. The van der Waals surface area contributed by atoms with Crippen LogP contribution < -0.4 is 0 Å². The van der Waals surface area contributed by atoms with Crippen LogP contribution in [-0.4, -0.2) is 5.11 Å². The molecule has 0 aromatic heterocycles. The van der Waals surface area contributed by atoms with Crippen molar-refractivity contribution in [3.8, 4) is 0 Å². The van der Waals surface area contributed by atoms with E-state index in [1.54, 1.807) is 0 Å². The molecule has 12 heavy (non-hydrogen) atoms. The zero-order valence-corrected chi connectivity index (χ0v) is 7.90. The third-order valence-electron chi connectivity index (χ3n) is 1.18. The van der Waals surface area contributed by atoms with E-state index >= 15 is 0 Å². The van der Waals surface area contributed by atoms with Gasteiger partial charge in [-0.3, -0.25) is 0 Å². The summed E-state index contributed by atoms with van der Waals surface area (Å²) in [5, 5.41) is 8.98. The van der Waals surface area contributed by atoms with Gasteiger partial charge in [0.05, 0.1) is 6.61 Å². The lowest BCUT2D eigenvalue weighted by atomic mass is 10.2. The first-order valence-corrected chi connectivity index (χ1v) is 4.16. The normalized spacial score (nSPS) is 8.75. The summed E-state index contributed by atoms with van der Waals surface area (Å²) in [5.41, 5.74) is 0.418. The van der Waals surface area contributed by atoms with E-state index in [0.717, 1.165) is 0 Å². The van der Waals surface area contributed by atoms with Gasteiger partial charge in [0.25, 0.3) is 0 Å². The molecular weight excluding hydrogens is 179 g/mol. The smallest absolute Gasteiger partial charge is 0.123 e. The molecule has 0 atom stereocenters. The molecule has 0 radical (unpaired) electrons. The average Bonchev–Trinajstić information content (AvgIpc) is 2.13. The van der Waals surface area contributed by atoms with Crippen molar-refractivity contribution >= 4 is 11.6 Å². The molecule has 0 aliphatic heterocycles. The molecule has 0 heterocycles. The quantitative estimate of drug-likeness (QED) is 0.722. The first-order chi connectivity index (χ1) is 5.74. The SMILES string of the molecule is CC.OCc1cc(F)ccc1Cl. The third kappa shape index (κ3) is 3.20. The average molecular weight is 191 g/mol. The van der Waals surface area contributed by atoms with Crippen molar-refractivity contribution < 1.29 is 9.50 Å². The second kappa shape index (κ2) is 5.98. The van der Waals surface area contributed by atoms with E-state index in [1.807, 2.05) is 13.8 Å². The van der Waals surface area contributed by atoms with Gasteiger partial charge in [-0.25, -0.2) is 4.39 Å². The Bertz CT molecular complexity index is 238. The largest absolute Gasteiger partial charge is 0.392 e. The van der Waals surface area contributed by atoms with Gasteiger partial charge in [-0.15, -0.1) is 0 Å². The van der Waals surface area contributed by atoms with Crippen molar-refractivity contribution in [1.29, 1.82) is 0 Å². The summed E-state index contributed by atoms with van der Waals surface area (Å²) in [6, 6.07) is 3.88. The van der Waals surface area contributed by atoms with Crippen molar-refractivity contribution in [3.63, 3.8) is 0 Å². The zero-order valence-electron chi connectivity index (χ0n) is 7.14. The molecule has 1 aromatic carbocycles. The van der Waals surface area contributed by atoms with Crippen molar-refractivity contribution in [3.05, 3.63) is 34.6 Å². The molecule has 0 saturated heterocycles. The molecule has 0 spiro atoms. The third-order valence-corrected chi connectivity index (χ3v) is 1.55. The second-order valence-electron chi connectivity index (χ2n) is 1.89. The Morgan fingerprint density at radius 1 is 1.42 bits per heavy atom. The molecule has 1 N–H and O–H groups in total. The zero-order chi connectivity index (χ0) is 9.56. The number of aliphatic hydroxyl groups is 1. The van der Waals surface area contributed by atoms with Crippen LogP contribution in [0.1, 0.15) is 19.4 Å². The van der Waals surface area contributed by atoms with Crippen molar-refractivity contribution in [2.24, 2.45) is 0 Å². The summed E-state index contributed by atoms with van der Waals surface area (Å²) in [4.78, 5) is 0. The maximum Gasteiger partial charge on any atom is 0.123 e. The lowest BCUT2D eigenvalue weighted by Gasteiger charge is -1.97. The highest BCUT2D eigenvalue weighted by Crippen LogP contribution is 2.16. The topological polar surface area (TPSA) is 20.2 Å². The maximum atomic E-state index is 12.4. The van der Waals surface area contributed by atoms with E-state index in [1.165, 1.54) is 18.2 Å². The number of hydrogen-bond acceptors (Lipinski definition) is 1. The molecule has 0 saturated carbocycles. The van der Waals surface area contributed by atoms with Crippen molar-refractivity contribution in [1.82, 2.24) is 0 Å². The molecular formula is C9H12ClFO. The van der Waals surface area contributed by atoms with Crippen LogP contribution in [0.15, 0.2) is 18.2 Å². The van der Waals surface area contributed by atoms with Gasteiger partial charge < -0.3 is 5.11 Å². The molecule has 0 fully saturated rings.